The highest BCUT2D eigenvalue weighted by atomic mass is 32.2. The molecule has 0 aliphatic carbocycles. The summed E-state index contributed by atoms with van der Waals surface area (Å²) < 4.78 is 37.2. The molecular weight excluding hydrogens is 442 g/mol. The van der Waals surface area contributed by atoms with Crippen LogP contribution in [0, 0.1) is 0 Å². The lowest BCUT2D eigenvalue weighted by Crippen LogP contribution is -2.34. The van der Waals surface area contributed by atoms with Crippen molar-refractivity contribution in [3.8, 4) is 0 Å². The molecule has 1 unspecified atom stereocenters. The van der Waals surface area contributed by atoms with Crippen LogP contribution in [0.2, 0.25) is 0 Å². The van der Waals surface area contributed by atoms with Crippen molar-refractivity contribution in [2.45, 2.75) is 37.2 Å². The van der Waals surface area contributed by atoms with Gasteiger partial charge in [-0.05, 0) is 44.0 Å². The number of nitrogens with one attached hydrogen (secondary N) is 1. The zero-order valence-corrected chi connectivity index (χ0v) is 19.0. The first-order valence-corrected chi connectivity index (χ1v) is 12.2. The third-order valence-corrected chi connectivity index (χ3v) is 7.36. The van der Waals surface area contributed by atoms with Crippen LogP contribution < -0.4 is 5.32 Å². The van der Waals surface area contributed by atoms with Crippen molar-refractivity contribution in [1.29, 1.82) is 0 Å². The second kappa shape index (κ2) is 10.3. The molecule has 0 radical (unpaired) electrons. The number of carbonyl (C=O) groups is 2. The molecule has 2 aromatic rings. The molecule has 0 saturated carbocycles. The Hall–Kier alpha value is -2.34. The number of hydrogen-bond acceptors (Lipinski definition) is 8. The van der Waals surface area contributed by atoms with Gasteiger partial charge in [0, 0.05) is 31.1 Å². The Balaban J connectivity index is 1.61. The fourth-order valence-electron chi connectivity index (χ4n) is 3.11. The van der Waals surface area contributed by atoms with E-state index in [1.165, 1.54) is 47.0 Å². The molecule has 1 aromatic carbocycles. The topological polar surface area (TPSA) is 115 Å². The van der Waals surface area contributed by atoms with Crippen LogP contribution in [0.1, 0.15) is 35.8 Å². The maximum atomic E-state index is 12.8. The van der Waals surface area contributed by atoms with E-state index in [4.69, 9.17) is 9.47 Å². The van der Waals surface area contributed by atoms with Crippen LogP contribution in [0.5, 0.6) is 0 Å². The van der Waals surface area contributed by atoms with Gasteiger partial charge in [-0.25, -0.2) is 13.4 Å². The Morgan fingerprint density at radius 3 is 2.71 bits per heavy atom. The minimum atomic E-state index is -3.67. The number of hydrogen-bond donors (Lipinski definition) is 1. The SMILES string of the molecule is CCOC(=O)Cc1csc(NC(=O)c2ccc(S(=O)(=O)N(C)CC3CCCO3)cc2)n1. The molecule has 9 nitrogen and oxygen atoms in total. The minimum Gasteiger partial charge on any atom is -0.466 e. The zero-order chi connectivity index (χ0) is 22.4. The monoisotopic (exact) mass is 467 g/mol. The molecule has 1 saturated heterocycles. The predicted molar refractivity (Wildman–Crippen MR) is 116 cm³/mol. The van der Waals surface area contributed by atoms with E-state index in [-0.39, 0.29) is 23.4 Å². The average molecular weight is 468 g/mol. The van der Waals surface area contributed by atoms with Crippen LogP contribution in [0.4, 0.5) is 5.13 Å². The lowest BCUT2D eigenvalue weighted by molar-refractivity contribution is -0.142. The van der Waals surface area contributed by atoms with Crippen molar-refractivity contribution < 1.29 is 27.5 Å². The smallest absolute Gasteiger partial charge is 0.311 e. The first kappa shape index (κ1) is 23.3. The molecule has 1 aliphatic rings. The van der Waals surface area contributed by atoms with E-state index in [1.807, 2.05) is 0 Å². The fraction of sp³-hybridized carbons (Fsp3) is 0.450. The van der Waals surface area contributed by atoms with Gasteiger partial charge in [0.25, 0.3) is 5.91 Å². The molecule has 31 heavy (non-hydrogen) atoms. The van der Waals surface area contributed by atoms with E-state index in [2.05, 4.69) is 10.3 Å². The third-order valence-electron chi connectivity index (χ3n) is 4.71. The van der Waals surface area contributed by atoms with Gasteiger partial charge >= 0.3 is 5.97 Å². The van der Waals surface area contributed by atoms with Crippen LogP contribution in [0.15, 0.2) is 34.5 Å². The summed E-state index contributed by atoms with van der Waals surface area (Å²) in [7, 11) is -2.15. The molecule has 1 fully saturated rings. The van der Waals surface area contributed by atoms with Crippen LogP contribution in [-0.2, 0) is 30.7 Å². The molecular formula is C20H25N3O6S2. The predicted octanol–water partition coefficient (Wildman–Crippen LogP) is 2.30. The maximum Gasteiger partial charge on any atom is 0.311 e. The van der Waals surface area contributed by atoms with Crippen LogP contribution in [-0.4, -0.2) is 62.5 Å². The second-order valence-electron chi connectivity index (χ2n) is 7.02. The Morgan fingerprint density at radius 1 is 1.32 bits per heavy atom. The number of likely N-dealkylation sites (N-methyl/N-ethyl adjacent to an activating group) is 1. The van der Waals surface area contributed by atoms with Gasteiger partial charge in [0.2, 0.25) is 10.0 Å². The number of benzene rings is 1. The van der Waals surface area contributed by atoms with Crippen molar-refractivity contribution in [3.63, 3.8) is 0 Å². The van der Waals surface area contributed by atoms with Crippen molar-refractivity contribution >= 4 is 38.4 Å². The van der Waals surface area contributed by atoms with Gasteiger partial charge in [-0.1, -0.05) is 0 Å². The van der Waals surface area contributed by atoms with Crippen LogP contribution in [0.25, 0.3) is 0 Å². The standard InChI is InChI=1S/C20H25N3O6S2/c1-3-28-18(24)11-15-13-30-20(21-15)22-19(25)14-6-8-17(9-7-14)31(26,27)23(2)12-16-5-4-10-29-16/h6-9,13,16H,3-5,10-12H2,1-2H3,(H,21,22,25). The van der Waals surface area contributed by atoms with Crippen LogP contribution >= 0.6 is 11.3 Å². The third kappa shape index (κ3) is 6.10. The Bertz CT molecular complexity index is 1010. The lowest BCUT2D eigenvalue weighted by Gasteiger charge is -2.20. The van der Waals surface area contributed by atoms with Crippen molar-refractivity contribution in [2.24, 2.45) is 0 Å². The molecule has 0 spiro atoms. The average Bonchev–Trinajstić information content (AvgIpc) is 3.40. The summed E-state index contributed by atoms with van der Waals surface area (Å²) in [5.74, 6) is -0.805. The van der Waals surface area contributed by atoms with Gasteiger partial charge in [-0.2, -0.15) is 4.31 Å². The maximum absolute atomic E-state index is 12.8. The number of carbonyl (C=O) groups excluding carboxylic acids is 2. The highest BCUT2D eigenvalue weighted by Gasteiger charge is 2.26. The molecule has 168 valence electrons. The van der Waals surface area contributed by atoms with Gasteiger partial charge in [0.1, 0.15) is 0 Å². The minimum absolute atomic E-state index is 0.0339. The number of anilines is 1. The fourth-order valence-corrected chi connectivity index (χ4v) is 5.01. The molecule has 2 heterocycles. The number of ether oxygens (including phenoxy) is 2. The summed E-state index contributed by atoms with van der Waals surface area (Å²) >= 11 is 1.19. The van der Waals surface area contributed by atoms with E-state index in [9.17, 15) is 18.0 Å². The van der Waals surface area contributed by atoms with Gasteiger partial charge < -0.3 is 9.47 Å². The van der Waals surface area contributed by atoms with Gasteiger partial charge in [-0.15, -0.1) is 11.3 Å². The van der Waals surface area contributed by atoms with Crippen molar-refractivity contribution in [2.75, 3.05) is 32.1 Å². The molecule has 1 aromatic heterocycles. The molecule has 1 amide bonds. The summed E-state index contributed by atoms with van der Waals surface area (Å²) in [6.45, 7) is 2.97. The van der Waals surface area contributed by atoms with Gasteiger partial charge in [-0.3, -0.25) is 14.9 Å². The molecule has 1 atom stereocenters. The summed E-state index contributed by atoms with van der Waals surface area (Å²) in [6.07, 6.45) is 1.73. The number of nitrogens with zero attached hydrogens (tertiary/aromatic N) is 2. The van der Waals surface area contributed by atoms with Crippen molar-refractivity contribution in [1.82, 2.24) is 9.29 Å². The Kier molecular flexibility index (Phi) is 7.76. The van der Waals surface area contributed by atoms with E-state index in [1.54, 1.807) is 12.3 Å². The molecule has 11 heteroatoms. The first-order valence-electron chi connectivity index (χ1n) is 9.89. The molecule has 1 N–H and O–H groups in total. The van der Waals surface area contributed by atoms with Gasteiger partial charge in [0.15, 0.2) is 5.13 Å². The second-order valence-corrected chi connectivity index (χ2v) is 9.93. The molecule has 3 rings (SSSR count). The zero-order valence-electron chi connectivity index (χ0n) is 17.4. The number of sulfonamides is 1. The number of aromatic nitrogens is 1. The van der Waals surface area contributed by atoms with E-state index >= 15 is 0 Å². The Labute approximate surface area is 185 Å². The van der Waals surface area contributed by atoms with Crippen molar-refractivity contribution in [3.05, 3.63) is 40.9 Å². The van der Waals surface area contributed by atoms with E-state index < -0.39 is 15.9 Å². The quantitative estimate of drug-likeness (QED) is 0.563. The largest absolute Gasteiger partial charge is 0.466 e. The number of rotatable bonds is 9. The number of thiazole rings is 1. The molecule has 1 aliphatic heterocycles. The Morgan fingerprint density at radius 2 is 2.06 bits per heavy atom. The summed E-state index contributed by atoms with van der Waals surface area (Å²) in [6, 6.07) is 5.72. The first-order chi connectivity index (χ1) is 14.8. The van der Waals surface area contributed by atoms with E-state index in [0.717, 1.165) is 12.8 Å². The highest BCUT2D eigenvalue weighted by molar-refractivity contribution is 7.89. The molecule has 0 bridgehead atoms. The van der Waals surface area contributed by atoms with Gasteiger partial charge in [0.05, 0.1) is 29.7 Å². The highest BCUT2D eigenvalue weighted by Crippen LogP contribution is 2.21. The lowest BCUT2D eigenvalue weighted by atomic mass is 10.2. The summed E-state index contributed by atoms with van der Waals surface area (Å²) in [5.41, 5.74) is 0.803. The summed E-state index contributed by atoms with van der Waals surface area (Å²) in [5, 5.41) is 4.67. The van der Waals surface area contributed by atoms with Crippen LogP contribution in [0.3, 0.4) is 0 Å². The number of esters is 1. The number of amides is 1. The summed E-state index contributed by atoms with van der Waals surface area (Å²) in [4.78, 5) is 28.3. The normalized spacial score (nSPS) is 16.4. The van der Waals surface area contributed by atoms with E-state index in [0.29, 0.717) is 36.1 Å².